The van der Waals surface area contributed by atoms with Gasteiger partial charge in [-0.25, -0.2) is 9.78 Å². The predicted molar refractivity (Wildman–Crippen MR) is 106 cm³/mol. The van der Waals surface area contributed by atoms with Crippen molar-refractivity contribution in [3.63, 3.8) is 0 Å². The largest absolute Gasteiger partial charge is 0.354 e. The van der Waals surface area contributed by atoms with Crippen molar-refractivity contribution in [1.29, 1.82) is 0 Å². The molecule has 3 aromatic heterocycles. The molecule has 2 amide bonds. The Hall–Kier alpha value is -3.10. The van der Waals surface area contributed by atoms with Crippen LogP contribution < -0.4 is 9.80 Å². The Morgan fingerprint density at radius 1 is 1.11 bits per heavy atom. The van der Waals surface area contributed by atoms with Crippen LogP contribution in [0.4, 0.5) is 16.3 Å². The molecule has 2 fully saturated rings. The molecule has 1 unspecified atom stereocenters. The number of fused-ring (bicyclic) bond motifs is 1. The Labute approximate surface area is 163 Å². The maximum absolute atomic E-state index is 12.2. The highest BCUT2D eigenvalue weighted by Gasteiger charge is 2.30. The number of likely N-dealkylation sites (N-methyl/N-ethyl adjacent to an activating group) is 1. The highest BCUT2D eigenvalue weighted by molar-refractivity contribution is 5.93. The number of aromatic nitrogens is 5. The highest BCUT2D eigenvalue weighted by Crippen LogP contribution is 2.29. The molecule has 9 heteroatoms. The molecule has 0 aliphatic carbocycles. The summed E-state index contributed by atoms with van der Waals surface area (Å²) in [6.07, 6.45) is 4.79. The van der Waals surface area contributed by atoms with Gasteiger partial charge in [0.05, 0.1) is 23.6 Å². The van der Waals surface area contributed by atoms with Crippen LogP contribution in [0, 0.1) is 13.8 Å². The molecule has 0 radical (unpaired) electrons. The first-order valence-corrected chi connectivity index (χ1v) is 9.65. The number of anilines is 2. The summed E-state index contributed by atoms with van der Waals surface area (Å²) in [4.78, 5) is 22.7. The molecule has 2 aliphatic rings. The van der Waals surface area contributed by atoms with Crippen LogP contribution in [0.5, 0.6) is 0 Å². The summed E-state index contributed by atoms with van der Waals surface area (Å²) in [6.45, 7) is 7.26. The second kappa shape index (κ2) is 6.22. The van der Waals surface area contributed by atoms with Crippen LogP contribution >= 0.6 is 0 Å². The van der Waals surface area contributed by atoms with Crippen molar-refractivity contribution in [2.45, 2.75) is 26.3 Å². The fourth-order valence-corrected chi connectivity index (χ4v) is 4.14. The lowest BCUT2D eigenvalue weighted by Gasteiger charge is -2.20. The van der Waals surface area contributed by atoms with E-state index in [9.17, 15) is 4.79 Å². The zero-order valence-corrected chi connectivity index (χ0v) is 16.4. The average Bonchev–Trinajstić information content (AvgIpc) is 3.41. The fourth-order valence-electron chi connectivity index (χ4n) is 4.14. The van der Waals surface area contributed by atoms with Gasteiger partial charge >= 0.3 is 6.03 Å². The number of hydrogen-bond donors (Lipinski definition) is 0. The van der Waals surface area contributed by atoms with E-state index in [0.29, 0.717) is 6.54 Å². The van der Waals surface area contributed by atoms with Gasteiger partial charge in [-0.15, -0.1) is 0 Å². The molecule has 5 heterocycles. The monoisotopic (exact) mass is 380 g/mol. The first-order chi connectivity index (χ1) is 13.5. The van der Waals surface area contributed by atoms with Gasteiger partial charge in [0.25, 0.3) is 0 Å². The van der Waals surface area contributed by atoms with Gasteiger partial charge in [0.1, 0.15) is 5.82 Å². The summed E-state index contributed by atoms with van der Waals surface area (Å²) in [6, 6.07) is 4.41. The summed E-state index contributed by atoms with van der Waals surface area (Å²) < 4.78 is 3.93. The smallest absolute Gasteiger partial charge is 0.324 e. The van der Waals surface area contributed by atoms with Crippen molar-refractivity contribution in [3.05, 3.63) is 35.9 Å². The molecular formula is C19H24N8O. The van der Waals surface area contributed by atoms with Crippen LogP contribution in [0.15, 0.2) is 24.5 Å². The number of nitrogens with zero attached hydrogens (tertiary/aromatic N) is 8. The molecule has 1 atom stereocenters. The van der Waals surface area contributed by atoms with E-state index in [0.717, 1.165) is 54.6 Å². The minimum Gasteiger partial charge on any atom is -0.354 e. The number of carbonyl (C=O) groups is 1. The molecule has 2 saturated heterocycles. The van der Waals surface area contributed by atoms with E-state index in [2.05, 4.69) is 26.1 Å². The van der Waals surface area contributed by atoms with E-state index >= 15 is 0 Å². The Bertz CT molecular complexity index is 1050. The number of carbonyl (C=O) groups excluding carboxylic acids is 1. The van der Waals surface area contributed by atoms with E-state index in [1.165, 1.54) is 0 Å². The summed E-state index contributed by atoms with van der Waals surface area (Å²) in [7, 11) is 1.83. The number of rotatable bonds is 3. The van der Waals surface area contributed by atoms with Gasteiger partial charge in [0, 0.05) is 57.3 Å². The Morgan fingerprint density at radius 2 is 1.96 bits per heavy atom. The Morgan fingerprint density at radius 3 is 2.75 bits per heavy atom. The molecule has 0 aromatic carbocycles. The number of amides is 2. The standard InChI is InChI=1S/C19H24N8O/c1-13-9-18(27-17(21-13)8-14(2)22-27)24-5-4-15(11-24)26-12-16(10-20-26)25-7-6-23(3)19(25)28/h8-10,12,15H,4-7,11H2,1-3H3. The van der Waals surface area contributed by atoms with E-state index in [-0.39, 0.29) is 12.1 Å². The Balaban J connectivity index is 1.38. The molecule has 3 aromatic rings. The van der Waals surface area contributed by atoms with Crippen LogP contribution in [0.1, 0.15) is 23.9 Å². The van der Waals surface area contributed by atoms with E-state index < -0.39 is 0 Å². The third kappa shape index (κ3) is 2.69. The molecule has 0 bridgehead atoms. The van der Waals surface area contributed by atoms with E-state index in [1.807, 2.05) is 42.4 Å². The SMILES string of the molecule is Cc1cc(N2CCC(n3cc(N4CCN(C)C4=O)cn3)C2)n2nc(C)cc2n1. The zero-order valence-electron chi connectivity index (χ0n) is 16.4. The van der Waals surface area contributed by atoms with E-state index in [4.69, 9.17) is 0 Å². The lowest BCUT2D eigenvalue weighted by molar-refractivity contribution is 0.229. The molecule has 28 heavy (non-hydrogen) atoms. The minimum atomic E-state index is 0.0382. The van der Waals surface area contributed by atoms with Gasteiger partial charge in [-0.3, -0.25) is 9.58 Å². The topological polar surface area (TPSA) is 74.8 Å². The molecule has 146 valence electrons. The van der Waals surface area contributed by atoms with Crippen molar-refractivity contribution in [2.24, 2.45) is 0 Å². The predicted octanol–water partition coefficient (Wildman–Crippen LogP) is 1.87. The first kappa shape index (κ1) is 17.0. The minimum absolute atomic E-state index is 0.0382. The quantitative estimate of drug-likeness (QED) is 0.693. The maximum Gasteiger partial charge on any atom is 0.324 e. The van der Waals surface area contributed by atoms with E-state index in [1.54, 1.807) is 16.0 Å². The van der Waals surface area contributed by atoms with Gasteiger partial charge in [-0.1, -0.05) is 0 Å². The van der Waals surface area contributed by atoms with Crippen molar-refractivity contribution >= 4 is 23.2 Å². The van der Waals surface area contributed by atoms with Crippen LogP contribution in [0.25, 0.3) is 5.65 Å². The van der Waals surface area contributed by atoms with Gasteiger partial charge in [-0.2, -0.15) is 14.7 Å². The third-order valence-corrected chi connectivity index (χ3v) is 5.64. The molecule has 0 spiro atoms. The zero-order chi connectivity index (χ0) is 19.4. The Kier molecular flexibility index (Phi) is 3.78. The van der Waals surface area contributed by atoms with Gasteiger partial charge < -0.3 is 9.80 Å². The summed E-state index contributed by atoms with van der Waals surface area (Å²) in [5, 5.41) is 9.17. The molecular weight excluding hydrogens is 356 g/mol. The molecule has 0 saturated carbocycles. The number of hydrogen-bond acceptors (Lipinski definition) is 5. The molecule has 9 nitrogen and oxygen atoms in total. The van der Waals surface area contributed by atoms with Crippen LogP contribution in [-0.4, -0.2) is 68.5 Å². The van der Waals surface area contributed by atoms with Gasteiger partial charge in [0.15, 0.2) is 5.65 Å². The first-order valence-electron chi connectivity index (χ1n) is 9.65. The highest BCUT2D eigenvalue weighted by atomic mass is 16.2. The molecule has 2 aliphatic heterocycles. The van der Waals surface area contributed by atoms with Crippen LogP contribution in [0.3, 0.4) is 0 Å². The van der Waals surface area contributed by atoms with Crippen molar-refractivity contribution in [1.82, 2.24) is 29.3 Å². The van der Waals surface area contributed by atoms with Crippen molar-refractivity contribution < 1.29 is 4.79 Å². The van der Waals surface area contributed by atoms with Crippen molar-refractivity contribution in [3.8, 4) is 0 Å². The lowest BCUT2D eigenvalue weighted by atomic mass is 10.3. The van der Waals surface area contributed by atoms with Gasteiger partial charge in [0.2, 0.25) is 0 Å². The summed E-state index contributed by atoms with van der Waals surface area (Å²) in [5.41, 5.74) is 3.71. The van der Waals surface area contributed by atoms with Gasteiger partial charge in [-0.05, 0) is 20.3 Å². The second-order valence-corrected chi connectivity index (χ2v) is 7.73. The van der Waals surface area contributed by atoms with Crippen LogP contribution in [0.2, 0.25) is 0 Å². The number of aryl methyl sites for hydroxylation is 2. The second-order valence-electron chi connectivity index (χ2n) is 7.73. The molecule has 0 N–H and O–H groups in total. The van der Waals surface area contributed by atoms with Crippen molar-refractivity contribution in [2.75, 3.05) is 43.0 Å². The third-order valence-electron chi connectivity index (χ3n) is 5.64. The lowest BCUT2D eigenvalue weighted by Crippen LogP contribution is -2.28. The fraction of sp³-hybridized carbons (Fsp3) is 0.474. The summed E-state index contributed by atoms with van der Waals surface area (Å²) >= 11 is 0. The van der Waals surface area contributed by atoms with Crippen LogP contribution in [-0.2, 0) is 0 Å². The average molecular weight is 380 g/mol. The maximum atomic E-state index is 12.2. The molecule has 5 rings (SSSR count). The normalized spacial score (nSPS) is 20.2. The number of urea groups is 1. The summed E-state index contributed by atoms with van der Waals surface area (Å²) in [5.74, 6) is 1.07.